The highest BCUT2D eigenvalue weighted by atomic mass is 35.5. The third kappa shape index (κ3) is 4.25. The predicted octanol–water partition coefficient (Wildman–Crippen LogP) is 3.55. The summed E-state index contributed by atoms with van der Waals surface area (Å²) >= 11 is 6.23. The molecule has 0 N–H and O–H groups in total. The molecule has 5 rings (SSSR count). The Hall–Kier alpha value is -2.71. The van der Waals surface area contributed by atoms with Gasteiger partial charge < -0.3 is 14.4 Å². The van der Waals surface area contributed by atoms with Crippen molar-refractivity contribution in [1.29, 1.82) is 0 Å². The standard InChI is InChI=1S/C25H30ClN5O3/c1-4-25(14-33-15-25)13-31-17(3)23(16(2)29-31)18-5-7-28-22(9-18)34-19-6-8-30(12-19)20-10-27-11-21(32)24(20)26/h5,7,9-10,19H,4,6,8,11-15H2,1-3H3/t19-/m1/s1. The van der Waals surface area contributed by atoms with E-state index >= 15 is 0 Å². The lowest BCUT2D eigenvalue weighted by Gasteiger charge is -2.40. The maximum absolute atomic E-state index is 11.9. The minimum atomic E-state index is -0.140. The second-order valence-electron chi connectivity index (χ2n) is 9.50. The van der Waals surface area contributed by atoms with Gasteiger partial charge in [-0.3, -0.25) is 14.5 Å². The number of carbonyl (C=O) groups excluding carboxylic acids is 1. The van der Waals surface area contributed by atoms with Crippen molar-refractivity contribution in [3.63, 3.8) is 0 Å². The van der Waals surface area contributed by atoms with Crippen LogP contribution in [0.2, 0.25) is 0 Å². The fraction of sp³-hybridized carbons (Fsp3) is 0.520. The highest BCUT2D eigenvalue weighted by molar-refractivity contribution is 6.44. The minimum Gasteiger partial charge on any atom is -0.472 e. The summed E-state index contributed by atoms with van der Waals surface area (Å²) in [6.45, 7) is 10.4. The molecule has 0 unspecified atom stereocenters. The van der Waals surface area contributed by atoms with Crippen molar-refractivity contribution in [2.24, 2.45) is 10.4 Å². The van der Waals surface area contributed by atoms with Crippen LogP contribution in [0.4, 0.5) is 0 Å². The lowest BCUT2D eigenvalue weighted by molar-refractivity contribution is -0.125. The van der Waals surface area contributed by atoms with E-state index in [1.807, 2.05) is 12.1 Å². The molecule has 0 spiro atoms. The van der Waals surface area contributed by atoms with Gasteiger partial charge in [0.05, 0.1) is 37.7 Å². The Labute approximate surface area is 204 Å². The molecule has 0 bridgehead atoms. The van der Waals surface area contributed by atoms with Crippen molar-refractivity contribution >= 4 is 23.6 Å². The van der Waals surface area contributed by atoms with Crippen molar-refractivity contribution in [2.75, 3.05) is 32.8 Å². The van der Waals surface area contributed by atoms with E-state index in [0.717, 1.165) is 61.7 Å². The largest absolute Gasteiger partial charge is 0.472 e. The number of Topliss-reactive ketones (excluding diaryl/α,β-unsaturated/α-hetero) is 1. The van der Waals surface area contributed by atoms with E-state index in [2.05, 4.69) is 40.3 Å². The number of dihydropyridines is 1. The lowest BCUT2D eigenvalue weighted by Crippen LogP contribution is -2.45. The van der Waals surface area contributed by atoms with Gasteiger partial charge in [-0.1, -0.05) is 18.5 Å². The number of aliphatic imine (C=N–C) groups is 1. The minimum absolute atomic E-state index is 0.0434. The van der Waals surface area contributed by atoms with Crippen molar-refractivity contribution in [2.45, 2.75) is 46.3 Å². The Balaban J connectivity index is 1.31. The number of ketones is 1. The average molecular weight is 484 g/mol. The van der Waals surface area contributed by atoms with Crippen LogP contribution in [-0.2, 0) is 16.1 Å². The number of allylic oxidation sites excluding steroid dienone is 1. The van der Waals surface area contributed by atoms with Crippen LogP contribution in [0.1, 0.15) is 31.2 Å². The highest BCUT2D eigenvalue weighted by Crippen LogP contribution is 2.36. The molecule has 2 saturated heterocycles. The summed E-state index contributed by atoms with van der Waals surface area (Å²) in [5.74, 6) is 0.445. The molecular weight excluding hydrogens is 454 g/mol. The number of ether oxygens (including phenoxy) is 2. The number of hydrogen-bond acceptors (Lipinski definition) is 7. The van der Waals surface area contributed by atoms with E-state index in [0.29, 0.717) is 18.1 Å². The summed E-state index contributed by atoms with van der Waals surface area (Å²) < 4.78 is 13.9. The van der Waals surface area contributed by atoms with E-state index in [-0.39, 0.29) is 28.9 Å². The SMILES string of the molecule is CCC1(Cn2nc(C)c(-c3ccnc(O[C@@H]4CCN(C5=C(Cl)C(=O)CN=C5)C4)c3)c2C)COC1. The Morgan fingerprint density at radius 2 is 2.15 bits per heavy atom. The molecule has 3 aliphatic rings. The van der Waals surface area contributed by atoms with E-state index in [1.165, 1.54) is 0 Å². The number of likely N-dealkylation sites (tertiary alicyclic amines) is 1. The van der Waals surface area contributed by atoms with E-state index in [4.69, 9.17) is 26.2 Å². The maximum atomic E-state index is 11.9. The third-order valence-electron chi connectivity index (χ3n) is 7.15. The van der Waals surface area contributed by atoms with Crippen LogP contribution in [0.15, 0.2) is 34.1 Å². The summed E-state index contributed by atoms with van der Waals surface area (Å²) in [6.07, 6.45) is 5.32. The van der Waals surface area contributed by atoms with E-state index < -0.39 is 0 Å². The molecule has 1 atom stereocenters. The second-order valence-corrected chi connectivity index (χ2v) is 9.88. The van der Waals surface area contributed by atoms with Crippen LogP contribution in [0, 0.1) is 19.3 Å². The summed E-state index contributed by atoms with van der Waals surface area (Å²) in [5.41, 5.74) is 5.19. The molecule has 0 aromatic carbocycles. The number of aryl methyl sites for hydroxylation is 1. The van der Waals surface area contributed by atoms with Gasteiger partial charge in [0.25, 0.3) is 0 Å². The molecule has 34 heavy (non-hydrogen) atoms. The molecule has 8 nitrogen and oxygen atoms in total. The van der Waals surface area contributed by atoms with Crippen LogP contribution in [-0.4, -0.2) is 70.6 Å². The van der Waals surface area contributed by atoms with Gasteiger partial charge in [0.1, 0.15) is 17.7 Å². The Kier molecular flexibility index (Phi) is 6.20. The van der Waals surface area contributed by atoms with Crippen LogP contribution in [0.5, 0.6) is 5.88 Å². The molecule has 2 aromatic heterocycles. The normalized spacial score (nSPS) is 21.8. The van der Waals surface area contributed by atoms with Crippen LogP contribution < -0.4 is 4.74 Å². The Morgan fingerprint density at radius 1 is 1.32 bits per heavy atom. The monoisotopic (exact) mass is 483 g/mol. The molecular formula is C25H30ClN5O3. The fourth-order valence-corrected chi connectivity index (χ4v) is 5.16. The first-order chi connectivity index (χ1) is 16.4. The van der Waals surface area contributed by atoms with Crippen LogP contribution in [0.3, 0.4) is 0 Å². The summed E-state index contributed by atoms with van der Waals surface area (Å²) in [5, 5.41) is 5.11. The quantitative estimate of drug-likeness (QED) is 0.599. The van der Waals surface area contributed by atoms with E-state index in [9.17, 15) is 4.79 Å². The number of aromatic nitrogens is 3. The Bertz CT molecular complexity index is 1160. The molecule has 3 aliphatic heterocycles. The van der Waals surface area contributed by atoms with Crippen molar-refractivity contribution in [1.82, 2.24) is 19.7 Å². The molecule has 0 aliphatic carbocycles. The first-order valence-corrected chi connectivity index (χ1v) is 12.2. The molecule has 2 fully saturated rings. The molecule has 180 valence electrons. The summed E-state index contributed by atoms with van der Waals surface area (Å²) in [7, 11) is 0. The third-order valence-corrected chi connectivity index (χ3v) is 7.55. The van der Waals surface area contributed by atoms with Gasteiger partial charge in [-0.2, -0.15) is 5.10 Å². The van der Waals surface area contributed by atoms with Crippen LogP contribution in [0.25, 0.3) is 11.1 Å². The predicted molar refractivity (Wildman–Crippen MR) is 130 cm³/mol. The van der Waals surface area contributed by atoms with Crippen molar-refractivity contribution in [3.05, 3.63) is 40.4 Å². The van der Waals surface area contributed by atoms with Crippen molar-refractivity contribution < 1.29 is 14.3 Å². The summed E-state index contributed by atoms with van der Waals surface area (Å²) in [4.78, 5) is 22.5. The topological polar surface area (TPSA) is 81.8 Å². The number of halogens is 1. The number of carbonyl (C=O) groups is 1. The van der Waals surface area contributed by atoms with Crippen molar-refractivity contribution in [3.8, 4) is 17.0 Å². The number of pyridine rings is 1. The lowest BCUT2D eigenvalue weighted by atomic mass is 9.83. The molecule has 5 heterocycles. The first-order valence-electron chi connectivity index (χ1n) is 11.8. The number of rotatable bonds is 7. The Morgan fingerprint density at radius 3 is 2.88 bits per heavy atom. The molecule has 2 aromatic rings. The van der Waals surface area contributed by atoms with Gasteiger partial charge in [0.15, 0.2) is 5.78 Å². The van der Waals surface area contributed by atoms with Gasteiger partial charge in [0, 0.05) is 48.1 Å². The van der Waals surface area contributed by atoms with E-state index in [1.54, 1.807) is 12.4 Å². The van der Waals surface area contributed by atoms with Gasteiger partial charge in [-0.15, -0.1) is 0 Å². The zero-order valence-corrected chi connectivity index (χ0v) is 20.6. The summed E-state index contributed by atoms with van der Waals surface area (Å²) in [6, 6.07) is 4.00. The van der Waals surface area contributed by atoms with Gasteiger partial charge in [0.2, 0.25) is 5.88 Å². The molecule has 0 radical (unpaired) electrons. The zero-order chi connectivity index (χ0) is 23.9. The first kappa shape index (κ1) is 23.1. The average Bonchev–Trinajstić information content (AvgIpc) is 3.36. The highest BCUT2D eigenvalue weighted by Gasteiger charge is 2.38. The smallest absolute Gasteiger partial charge is 0.214 e. The zero-order valence-electron chi connectivity index (χ0n) is 19.9. The number of hydrogen-bond donors (Lipinski definition) is 0. The molecule has 0 saturated carbocycles. The fourth-order valence-electron chi connectivity index (χ4n) is 4.93. The van der Waals surface area contributed by atoms with Crippen LogP contribution >= 0.6 is 11.6 Å². The molecule has 9 heteroatoms. The van der Waals surface area contributed by atoms with Gasteiger partial charge in [-0.25, -0.2) is 4.98 Å². The number of nitrogens with zero attached hydrogens (tertiary/aromatic N) is 5. The second kappa shape index (κ2) is 9.15. The maximum Gasteiger partial charge on any atom is 0.214 e. The molecule has 0 amide bonds. The van der Waals surface area contributed by atoms with Gasteiger partial charge >= 0.3 is 0 Å². The van der Waals surface area contributed by atoms with Gasteiger partial charge in [-0.05, 0) is 31.9 Å².